The number of carbonyl (C=O) groups is 2. The summed E-state index contributed by atoms with van der Waals surface area (Å²) in [6, 6.07) is 0. The molecule has 2 aliphatic heterocycles. The molecule has 3 rings (SSSR count). The predicted molar refractivity (Wildman–Crippen MR) is 42.3 cm³/mol. The van der Waals surface area contributed by atoms with Gasteiger partial charge in [-0.25, -0.2) is 0 Å². The topological polar surface area (TPSA) is 83.8 Å². The second-order valence-electron chi connectivity index (χ2n) is 4.21. The molecule has 3 aliphatic rings. The average Bonchev–Trinajstić information content (AvgIpc) is 2.71. The summed E-state index contributed by atoms with van der Waals surface area (Å²) in [5.41, 5.74) is 0. The maximum atomic E-state index is 11.4. The molecule has 3 fully saturated rings. The number of fused-ring (bicyclic) bond motifs is 5. The van der Waals surface area contributed by atoms with E-state index in [2.05, 4.69) is 0 Å². The summed E-state index contributed by atoms with van der Waals surface area (Å²) in [6.07, 6.45) is -3.43. The van der Waals surface area contributed by atoms with Gasteiger partial charge in [-0.3, -0.25) is 9.59 Å². The van der Waals surface area contributed by atoms with Crippen molar-refractivity contribution in [2.45, 2.75) is 30.8 Å². The van der Waals surface area contributed by atoms with Crippen molar-refractivity contribution in [3.05, 3.63) is 0 Å². The van der Waals surface area contributed by atoms with E-state index in [0.717, 1.165) is 0 Å². The van der Waals surface area contributed by atoms with E-state index in [0.29, 0.717) is 0 Å². The molecule has 5 heteroatoms. The van der Waals surface area contributed by atoms with E-state index in [4.69, 9.17) is 4.74 Å². The molecule has 2 heterocycles. The van der Waals surface area contributed by atoms with Crippen LogP contribution in [0.3, 0.4) is 0 Å². The summed E-state index contributed by atoms with van der Waals surface area (Å²) >= 11 is 0. The van der Waals surface area contributed by atoms with Crippen molar-refractivity contribution in [3.8, 4) is 0 Å². The summed E-state index contributed by atoms with van der Waals surface area (Å²) in [7, 11) is 0. The molecule has 14 heavy (non-hydrogen) atoms. The van der Waals surface area contributed by atoms with Gasteiger partial charge >= 0.3 is 0 Å². The van der Waals surface area contributed by atoms with Crippen LogP contribution < -0.4 is 0 Å². The Kier molecular flexibility index (Phi) is 1.47. The summed E-state index contributed by atoms with van der Waals surface area (Å²) in [6.45, 7) is 0. The standard InChI is InChI=1S/C9H10O5/c10-2-1-3(11)5-4(2)8-6(12)7(13)9(5)14-8/h4-9,12-13H,1H2. The lowest BCUT2D eigenvalue weighted by Gasteiger charge is -2.26. The number of Topliss-reactive ketones (excluding diaryl/α,β-unsaturated/α-hetero) is 2. The molecule has 2 N–H and O–H groups in total. The first kappa shape index (κ1) is 8.52. The van der Waals surface area contributed by atoms with Crippen molar-refractivity contribution in [2.75, 3.05) is 0 Å². The molecule has 2 bridgehead atoms. The fraction of sp³-hybridized carbons (Fsp3) is 0.778. The van der Waals surface area contributed by atoms with Crippen LogP contribution in [-0.2, 0) is 14.3 Å². The van der Waals surface area contributed by atoms with Gasteiger partial charge in [0.15, 0.2) is 0 Å². The highest BCUT2D eigenvalue weighted by Gasteiger charge is 2.65. The van der Waals surface area contributed by atoms with E-state index < -0.39 is 36.3 Å². The van der Waals surface area contributed by atoms with Crippen LogP contribution in [0.25, 0.3) is 0 Å². The number of aliphatic hydroxyl groups is 2. The number of hydrogen-bond acceptors (Lipinski definition) is 5. The van der Waals surface area contributed by atoms with Crippen molar-refractivity contribution < 1.29 is 24.5 Å². The molecule has 0 radical (unpaired) electrons. The second kappa shape index (κ2) is 2.42. The van der Waals surface area contributed by atoms with E-state index in [1.165, 1.54) is 0 Å². The van der Waals surface area contributed by atoms with Crippen molar-refractivity contribution in [2.24, 2.45) is 11.8 Å². The van der Waals surface area contributed by atoms with E-state index in [-0.39, 0.29) is 18.0 Å². The molecule has 6 atom stereocenters. The van der Waals surface area contributed by atoms with Gasteiger partial charge < -0.3 is 14.9 Å². The highest BCUT2D eigenvalue weighted by molar-refractivity contribution is 6.09. The molecule has 1 saturated carbocycles. The fourth-order valence-corrected chi connectivity index (χ4v) is 2.91. The van der Waals surface area contributed by atoms with Crippen molar-refractivity contribution in [3.63, 3.8) is 0 Å². The Bertz CT molecular complexity index is 295. The number of carbonyl (C=O) groups excluding carboxylic acids is 2. The third-order valence-corrected chi connectivity index (χ3v) is 3.52. The van der Waals surface area contributed by atoms with E-state index >= 15 is 0 Å². The van der Waals surface area contributed by atoms with Gasteiger partial charge in [0.1, 0.15) is 23.8 Å². The van der Waals surface area contributed by atoms with Crippen molar-refractivity contribution in [1.82, 2.24) is 0 Å². The van der Waals surface area contributed by atoms with Gasteiger partial charge in [-0.1, -0.05) is 0 Å². The minimum absolute atomic E-state index is 0.0644. The third kappa shape index (κ3) is 0.762. The first-order valence-electron chi connectivity index (χ1n) is 4.68. The lowest BCUT2D eigenvalue weighted by Crippen LogP contribution is -2.47. The first-order valence-corrected chi connectivity index (χ1v) is 4.68. The van der Waals surface area contributed by atoms with Crippen LogP contribution in [-0.4, -0.2) is 46.2 Å². The lowest BCUT2D eigenvalue weighted by molar-refractivity contribution is -0.125. The normalized spacial score (nSPS) is 55.6. The van der Waals surface area contributed by atoms with Gasteiger partial charge in [0.25, 0.3) is 0 Å². The molecule has 0 aromatic heterocycles. The Hall–Kier alpha value is -0.780. The van der Waals surface area contributed by atoms with Crippen LogP contribution in [0.4, 0.5) is 0 Å². The van der Waals surface area contributed by atoms with E-state index in [1.807, 2.05) is 0 Å². The number of ketones is 2. The molecule has 0 aromatic rings. The zero-order valence-corrected chi connectivity index (χ0v) is 7.29. The molecule has 2 saturated heterocycles. The molecule has 0 amide bonds. The Morgan fingerprint density at radius 3 is 1.86 bits per heavy atom. The number of hydrogen-bond donors (Lipinski definition) is 2. The molecule has 5 nitrogen and oxygen atoms in total. The summed E-state index contributed by atoms with van der Waals surface area (Å²) in [5.74, 6) is -1.33. The second-order valence-corrected chi connectivity index (χ2v) is 4.21. The Morgan fingerprint density at radius 2 is 1.43 bits per heavy atom. The van der Waals surface area contributed by atoms with E-state index in [9.17, 15) is 19.8 Å². The van der Waals surface area contributed by atoms with Gasteiger partial charge in [-0.05, 0) is 0 Å². The lowest BCUT2D eigenvalue weighted by atomic mass is 9.78. The SMILES string of the molecule is O=C1CC(=O)C2C3OC(C(O)C3O)C12. The molecular weight excluding hydrogens is 188 g/mol. The first-order chi connectivity index (χ1) is 6.61. The van der Waals surface area contributed by atoms with Crippen LogP contribution in [0.1, 0.15) is 6.42 Å². The predicted octanol–water partition coefficient (Wildman–Crippen LogP) is -1.74. The quantitative estimate of drug-likeness (QED) is 0.451. The molecular formula is C9H10O5. The van der Waals surface area contributed by atoms with Gasteiger partial charge in [0, 0.05) is 0 Å². The number of ether oxygens (including phenoxy) is 1. The third-order valence-electron chi connectivity index (χ3n) is 3.52. The Morgan fingerprint density at radius 1 is 1.00 bits per heavy atom. The summed E-state index contributed by atoms with van der Waals surface area (Å²) < 4.78 is 5.26. The zero-order valence-electron chi connectivity index (χ0n) is 7.29. The molecule has 0 aromatic carbocycles. The highest BCUT2D eigenvalue weighted by atomic mass is 16.6. The van der Waals surface area contributed by atoms with Gasteiger partial charge in [-0.15, -0.1) is 0 Å². The molecule has 0 spiro atoms. The number of aliphatic hydroxyl groups excluding tert-OH is 2. The summed E-state index contributed by atoms with van der Waals surface area (Å²) in [4.78, 5) is 22.8. The molecule has 1 aliphatic carbocycles. The maximum absolute atomic E-state index is 11.4. The van der Waals surface area contributed by atoms with Gasteiger partial charge in [0.2, 0.25) is 0 Å². The van der Waals surface area contributed by atoms with Gasteiger partial charge in [0.05, 0.1) is 30.5 Å². The van der Waals surface area contributed by atoms with Crippen LogP contribution in [0.15, 0.2) is 0 Å². The van der Waals surface area contributed by atoms with Crippen LogP contribution in [0.2, 0.25) is 0 Å². The maximum Gasteiger partial charge on any atom is 0.146 e. The fourth-order valence-electron chi connectivity index (χ4n) is 2.91. The van der Waals surface area contributed by atoms with Crippen molar-refractivity contribution in [1.29, 1.82) is 0 Å². The van der Waals surface area contributed by atoms with Crippen LogP contribution in [0, 0.1) is 11.8 Å². The molecule has 6 unspecified atom stereocenters. The van der Waals surface area contributed by atoms with E-state index in [1.54, 1.807) is 0 Å². The van der Waals surface area contributed by atoms with Crippen LogP contribution in [0.5, 0.6) is 0 Å². The zero-order chi connectivity index (χ0) is 10.0. The van der Waals surface area contributed by atoms with Crippen LogP contribution >= 0.6 is 0 Å². The van der Waals surface area contributed by atoms with Crippen molar-refractivity contribution >= 4 is 11.6 Å². The average molecular weight is 198 g/mol. The highest BCUT2D eigenvalue weighted by Crippen LogP contribution is 2.48. The Labute approximate surface area is 79.7 Å². The minimum Gasteiger partial charge on any atom is -0.388 e. The Balaban J connectivity index is 2.01. The van der Waals surface area contributed by atoms with Gasteiger partial charge in [-0.2, -0.15) is 0 Å². The molecule has 76 valence electrons. The summed E-state index contributed by atoms with van der Waals surface area (Å²) in [5, 5.41) is 19.0. The number of rotatable bonds is 0. The smallest absolute Gasteiger partial charge is 0.146 e. The largest absolute Gasteiger partial charge is 0.388 e. The minimum atomic E-state index is -1.02. The monoisotopic (exact) mass is 198 g/mol.